The Labute approximate surface area is 205 Å². The number of likely N-dealkylation sites (tertiary alicyclic amines) is 2. The maximum absolute atomic E-state index is 13.1. The first-order chi connectivity index (χ1) is 16.5. The summed E-state index contributed by atoms with van der Waals surface area (Å²) >= 11 is 1.39. The summed E-state index contributed by atoms with van der Waals surface area (Å²) in [5, 5.41) is 3.11. The summed E-state index contributed by atoms with van der Waals surface area (Å²) in [7, 11) is 0. The average molecular weight is 487 g/mol. The highest BCUT2D eigenvalue weighted by atomic mass is 32.2. The average Bonchev–Trinajstić information content (AvgIpc) is 3.23. The number of ether oxygens (including phenoxy) is 1. The largest absolute Gasteiger partial charge is 0.376 e. The van der Waals surface area contributed by atoms with E-state index in [1.54, 1.807) is 24.3 Å². The molecule has 2 unspecified atom stereocenters. The van der Waals surface area contributed by atoms with Crippen LogP contribution >= 0.6 is 11.8 Å². The van der Waals surface area contributed by atoms with Gasteiger partial charge >= 0.3 is 0 Å². The molecule has 2 fully saturated rings. The van der Waals surface area contributed by atoms with Gasteiger partial charge in [0.25, 0.3) is 11.8 Å². The van der Waals surface area contributed by atoms with E-state index in [2.05, 4.69) is 22.1 Å². The summed E-state index contributed by atoms with van der Waals surface area (Å²) in [6, 6.07) is 7.00. The van der Waals surface area contributed by atoms with Crippen LogP contribution in [0, 0.1) is 0 Å². The number of anilines is 1. The van der Waals surface area contributed by atoms with Crippen LogP contribution in [0.1, 0.15) is 62.2 Å². The molecule has 0 aromatic heterocycles. The highest BCUT2D eigenvalue weighted by Crippen LogP contribution is 2.29. The zero-order valence-electron chi connectivity index (χ0n) is 19.8. The molecule has 0 aliphatic carbocycles. The van der Waals surface area contributed by atoms with Gasteiger partial charge in [0, 0.05) is 50.5 Å². The molecule has 3 aliphatic heterocycles. The molecule has 3 heterocycles. The lowest BCUT2D eigenvalue weighted by Gasteiger charge is -2.32. The topological polar surface area (TPSA) is 91.3 Å². The minimum atomic E-state index is -0.491. The number of hydrogen-bond acceptors (Lipinski definition) is 6. The molecule has 0 bridgehead atoms. The lowest BCUT2D eigenvalue weighted by Crippen LogP contribution is -2.43. The molecular weight excluding hydrogens is 452 g/mol. The van der Waals surface area contributed by atoms with Gasteiger partial charge in [0.1, 0.15) is 5.25 Å². The van der Waals surface area contributed by atoms with E-state index < -0.39 is 5.25 Å². The third kappa shape index (κ3) is 6.39. The van der Waals surface area contributed by atoms with Crippen molar-refractivity contribution in [3.8, 4) is 0 Å². The van der Waals surface area contributed by atoms with Crippen LogP contribution in [0.25, 0.3) is 0 Å². The number of amidine groups is 1. The van der Waals surface area contributed by atoms with Gasteiger partial charge in [-0.25, -0.2) is 0 Å². The van der Waals surface area contributed by atoms with E-state index in [0.29, 0.717) is 30.9 Å². The van der Waals surface area contributed by atoms with Gasteiger partial charge in [-0.15, -0.1) is 0 Å². The molecule has 4 rings (SSSR count). The molecule has 1 aromatic carbocycles. The van der Waals surface area contributed by atoms with Crippen molar-refractivity contribution >= 4 is 40.3 Å². The number of aliphatic imine (C=N–C) groups is 1. The molecule has 8 nitrogen and oxygen atoms in total. The van der Waals surface area contributed by atoms with Gasteiger partial charge in [0.15, 0.2) is 5.17 Å². The second kappa shape index (κ2) is 11.8. The van der Waals surface area contributed by atoms with E-state index in [4.69, 9.17) is 4.74 Å². The zero-order valence-corrected chi connectivity index (χ0v) is 20.6. The van der Waals surface area contributed by atoms with E-state index in [-0.39, 0.29) is 30.2 Å². The monoisotopic (exact) mass is 486 g/mol. The number of rotatable bonds is 7. The Morgan fingerprint density at radius 1 is 1.18 bits per heavy atom. The molecule has 3 amide bonds. The normalized spacial score (nSPS) is 23.1. The van der Waals surface area contributed by atoms with Crippen LogP contribution in [0.5, 0.6) is 0 Å². The first-order valence-corrected chi connectivity index (χ1v) is 13.3. The highest BCUT2D eigenvalue weighted by Gasteiger charge is 2.33. The van der Waals surface area contributed by atoms with E-state index in [1.165, 1.54) is 18.2 Å². The minimum absolute atomic E-state index is 0.0537. The molecule has 2 saturated heterocycles. The zero-order chi connectivity index (χ0) is 23.9. The molecule has 184 valence electrons. The van der Waals surface area contributed by atoms with Crippen LogP contribution in [-0.2, 0) is 14.3 Å². The smallest absolute Gasteiger partial charge is 0.262 e. The Kier molecular flexibility index (Phi) is 8.61. The van der Waals surface area contributed by atoms with Crippen LogP contribution < -0.4 is 5.32 Å². The van der Waals surface area contributed by atoms with Gasteiger partial charge in [0.05, 0.1) is 6.10 Å². The molecule has 1 aromatic rings. The van der Waals surface area contributed by atoms with Crippen molar-refractivity contribution in [3.05, 3.63) is 29.8 Å². The van der Waals surface area contributed by atoms with Crippen molar-refractivity contribution in [2.24, 2.45) is 4.99 Å². The summed E-state index contributed by atoms with van der Waals surface area (Å²) in [4.78, 5) is 46.3. The van der Waals surface area contributed by atoms with Crippen molar-refractivity contribution < 1.29 is 19.1 Å². The molecule has 0 spiro atoms. The molecule has 0 radical (unpaired) electrons. The Balaban J connectivity index is 1.30. The van der Waals surface area contributed by atoms with E-state index in [0.717, 1.165) is 50.4 Å². The van der Waals surface area contributed by atoms with E-state index in [9.17, 15) is 14.4 Å². The predicted octanol–water partition coefficient (Wildman–Crippen LogP) is 3.53. The number of piperidine rings is 2. The van der Waals surface area contributed by atoms with Crippen LogP contribution in [-0.4, -0.2) is 76.8 Å². The van der Waals surface area contributed by atoms with Crippen LogP contribution in [0.2, 0.25) is 0 Å². The number of benzene rings is 1. The molecule has 34 heavy (non-hydrogen) atoms. The van der Waals surface area contributed by atoms with Crippen molar-refractivity contribution in [1.82, 2.24) is 9.80 Å². The molecule has 2 atom stereocenters. The lowest BCUT2D eigenvalue weighted by atomic mass is 10.1. The van der Waals surface area contributed by atoms with Crippen molar-refractivity contribution in [2.45, 2.75) is 63.2 Å². The van der Waals surface area contributed by atoms with Gasteiger partial charge in [-0.2, -0.15) is 4.99 Å². The Morgan fingerprint density at radius 2 is 2.00 bits per heavy atom. The summed E-state index contributed by atoms with van der Waals surface area (Å²) in [6.07, 6.45) is 6.43. The second-order valence-corrected chi connectivity index (χ2v) is 10.3. The third-order valence-corrected chi connectivity index (χ3v) is 7.56. The maximum Gasteiger partial charge on any atom is 0.262 e. The minimum Gasteiger partial charge on any atom is -0.376 e. The molecule has 3 aliphatic rings. The fraction of sp³-hybridized carbons (Fsp3) is 0.600. The fourth-order valence-electron chi connectivity index (χ4n) is 4.57. The van der Waals surface area contributed by atoms with Gasteiger partial charge in [-0.1, -0.05) is 24.8 Å². The number of carbonyl (C=O) groups is 3. The van der Waals surface area contributed by atoms with Gasteiger partial charge < -0.3 is 19.9 Å². The Hall–Kier alpha value is -2.39. The molecular formula is C25H34N4O4S. The van der Waals surface area contributed by atoms with Crippen LogP contribution in [0.15, 0.2) is 29.3 Å². The van der Waals surface area contributed by atoms with Crippen molar-refractivity contribution in [3.63, 3.8) is 0 Å². The number of thioether (sulfide) groups is 1. The van der Waals surface area contributed by atoms with Crippen LogP contribution in [0.3, 0.4) is 0 Å². The van der Waals surface area contributed by atoms with E-state index in [1.807, 2.05) is 4.90 Å². The number of nitrogens with one attached hydrogen (secondary N) is 1. The maximum atomic E-state index is 13.1. The Bertz CT molecular complexity index is 931. The van der Waals surface area contributed by atoms with Gasteiger partial charge in [0.2, 0.25) is 5.91 Å². The predicted molar refractivity (Wildman–Crippen MR) is 134 cm³/mol. The second-order valence-electron chi connectivity index (χ2n) is 9.11. The van der Waals surface area contributed by atoms with Crippen LogP contribution in [0.4, 0.5) is 5.69 Å². The van der Waals surface area contributed by atoms with Crippen molar-refractivity contribution in [2.75, 3.05) is 38.1 Å². The lowest BCUT2D eigenvalue weighted by molar-refractivity contribution is -0.121. The van der Waals surface area contributed by atoms with E-state index >= 15 is 0 Å². The standard InChI is InChI=1S/C25H34N4O4S/c1-2-14-33-20-10-7-13-29(17-20)24(32)18-8-6-9-19(15-18)26-22(30)16-21-23(31)27-25(34-21)28-11-4-3-5-12-28/h6,8-9,15,20-21H,2-5,7,10-14,16-17H2,1H3,(H,26,30). The SMILES string of the molecule is CCCOC1CCCN(C(=O)c2cccc(NC(=O)CC3SC(N4CCCCC4)=NC3=O)c2)C1. The van der Waals surface area contributed by atoms with Gasteiger partial charge in [-0.05, 0) is 56.7 Å². The highest BCUT2D eigenvalue weighted by molar-refractivity contribution is 8.15. The summed E-state index contributed by atoms with van der Waals surface area (Å²) in [5.41, 5.74) is 1.09. The first-order valence-electron chi connectivity index (χ1n) is 12.4. The summed E-state index contributed by atoms with van der Waals surface area (Å²) in [6.45, 7) is 5.92. The number of amides is 3. The van der Waals surface area contributed by atoms with Crippen molar-refractivity contribution in [1.29, 1.82) is 0 Å². The molecule has 0 saturated carbocycles. The summed E-state index contributed by atoms with van der Waals surface area (Å²) < 4.78 is 5.85. The molecule has 9 heteroatoms. The quantitative estimate of drug-likeness (QED) is 0.634. The molecule has 1 N–H and O–H groups in total. The Morgan fingerprint density at radius 3 is 2.79 bits per heavy atom. The first kappa shape index (κ1) is 24.7. The number of carbonyl (C=O) groups excluding carboxylic acids is 3. The third-order valence-electron chi connectivity index (χ3n) is 6.34. The fourth-order valence-corrected chi connectivity index (χ4v) is 5.68. The van der Waals surface area contributed by atoms with Gasteiger partial charge in [-0.3, -0.25) is 14.4 Å². The number of nitrogens with zero attached hydrogens (tertiary/aromatic N) is 3. The number of hydrogen-bond donors (Lipinski definition) is 1. The summed E-state index contributed by atoms with van der Waals surface area (Å²) in [5.74, 6) is -0.548.